The summed E-state index contributed by atoms with van der Waals surface area (Å²) in [6.07, 6.45) is 6.53. The molecule has 0 aliphatic heterocycles. The van der Waals surface area contributed by atoms with Gasteiger partial charge in [0.25, 0.3) is 0 Å². The molecule has 0 amide bonds. The van der Waals surface area contributed by atoms with Gasteiger partial charge < -0.3 is 4.98 Å². The molecule has 0 unspecified atom stereocenters. The molecule has 0 aliphatic carbocycles. The van der Waals surface area contributed by atoms with Crippen molar-refractivity contribution in [2.75, 3.05) is 5.43 Å². The highest BCUT2D eigenvalue weighted by molar-refractivity contribution is 6.00. The Labute approximate surface area is 139 Å². The minimum Gasteiger partial charge on any atom is -0.360 e. The largest absolute Gasteiger partial charge is 0.360 e. The van der Waals surface area contributed by atoms with Crippen LogP contribution in [-0.4, -0.2) is 21.4 Å². The highest BCUT2D eigenvalue weighted by Crippen LogP contribution is 2.22. The average Bonchev–Trinajstić information content (AvgIpc) is 3.05. The number of hydrogen-bond donors (Lipinski definition) is 2. The number of aryl methyl sites for hydroxylation is 1. The van der Waals surface area contributed by atoms with Gasteiger partial charge in [-0.1, -0.05) is 49.4 Å². The first-order valence-electron chi connectivity index (χ1n) is 7.95. The van der Waals surface area contributed by atoms with Gasteiger partial charge in [0.1, 0.15) is 0 Å². The Kier molecular flexibility index (Phi) is 3.67. The zero-order chi connectivity index (χ0) is 16.4. The van der Waals surface area contributed by atoms with E-state index >= 15 is 0 Å². The van der Waals surface area contributed by atoms with Crippen LogP contribution in [0.15, 0.2) is 60.0 Å². The molecular formula is C19H17N5. The number of anilines is 1. The Balaban J connectivity index is 1.64. The van der Waals surface area contributed by atoms with E-state index < -0.39 is 0 Å². The second kappa shape index (κ2) is 6.12. The summed E-state index contributed by atoms with van der Waals surface area (Å²) < 4.78 is 0. The lowest BCUT2D eigenvalue weighted by Crippen LogP contribution is -1.96. The van der Waals surface area contributed by atoms with Crippen molar-refractivity contribution in [2.24, 2.45) is 5.10 Å². The first kappa shape index (κ1) is 14.4. The number of rotatable bonds is 4. The molecule has 2 aromatic carbocycles. The Hall–Kier alpha value is -3.21. The second-order valence-electron chi connectivity index (χ2n) is 5.59. The average molecular weight is 315 g/mol. The van der Waals surface area contributed by atoms with E-state index in [0.29, 0.717) is 5.82 Å². The van der Waals surface area contributed by atoms with Crippen molar-refractivity contribution in [1.29, 1.82) is 0 Å². The zero-order valence-electron chi connectivity index (χ0n) is 13.3. The normalized spacial score (nSPS) is 11.5. The lowest BCUT2D eigenvalue weighted by Gasteiger charge is -2.02. The molecule has 0 spiro atoms. The van der Waals surface area contributed by atoms with Crippen molar-refractivity contribution >= 4 is 33.7 Å². The molecule has 2 heterocycles. The van der Waals surface area contributed by atoms with Gasteiger partial charge >= 0.3 is 0 Å². The molecule has 0 bridgehead atoms. The van der Waals surface area contributed by atoms with Gasteiger partial charge in [-0.2, -0.15) is 10.2 Å². The molecule has 0 saturated carbocycles. The SMILES string of the molecule is CCc1cccc2c(C=NNc3nncc4ccccc34)c[nH]c12. The van der Waals surface area contributed by atoms with Crippen LogP contribution in [0, 0.1) is 0 Å². The number of aromatic nitrogens is 3. The van der Waals surface area contributed by atoms with Crippen molar-refractivity contribution < 1.29 is 0 Å². The number of H-pyrrole nitrogens is 1. The third-order valence-corrected chi connectivity index (χ3v) is 4.16. The number of hydrogen-bond acceptors (Lipinski definition) is 4. The lowest BCUT2D eigenvalue weighted by molar-refractivity contribution is 1.04. The number of fused-ring (bicyclic) bond motifs is 2. The molecule has 5 heteroatoms. The van der Waals surface area contributed by atoms with Gasteiger partial charge in [-0.3, -0.25) is 5.43 Å². The molecular weight excluding hydrogens is 298 g/mol. The molecule has 4 aromatic rings. The maximum Gasteiger partial charge on any atom is 0.176 e. The topological polar surface area (TPSA) is 66.0 Å². The van der Waals surface area contributed by atoms with E-state index in [1.54, 1.807) is 6.20 Å². The predicted molar refractivity (Wildman–Crippen MR) is 98.4 cm³/mol. The molecule has 0 fully saturated rings. The molecule has 0 saturated heterocycles. The summed E-state index contributed by atoms with van der Waals surface area (Å²) in [4.78, 5) is 3.34. The Bertz CT molecular complexity index is 1030. The van der Waals surface area contributed by atoms with Crippen molar-refractivity contribution in [1.82, 2.24) is 15.2 Å². The summed E-state index contributed by atoms with van der Waals surface area (Å²) in [7, 11) is 0. The van der Waals surface area contributed by atoms with Crippen LogP contribution in [-0.2, 0) is 6.42 Å². The van der Waals surface area contributed by atoms with Gasteiger partial charge in [0.2, 0.25) is 0 Å². The van der Waals surface area contributed by atoms with E-state index in [2.05, 4.69) is 50.8 Å². The maximum absolute atomic E-state index is 4.34. The summed E-state index contributed by atoms with van der Waals surface area (Å²) >= 11 is 0. The van der Waals surface area contributed by atoms with Gasteiger partial charge in [0.15, 0.2) is 5.82 Å². The summed E-state index contributed by atoms with van der Waals surface area (Å²) in [6.45, 7) is 2.16. The van der Waals surface area contributed by atoms with E-state index in [9.17, 15) is 0 Å². The molecule has 118 valence electrons. The molecule has 0 radical (unpaired) electrons. The van der Waals surface area contributed by atoms with Crippen LogP contribution in [0.3, 0.4) is 0 Å². The minimum absolute atomic E-state index is 0.651. The quantitative estimate of drug-likeness (QED) is 0.440. The van der Waals surface area contributed by atoms with Crippen LogP contribution in [0.2, 0.25) is 0 Å². The molecule has 4 rings (SSSR count). The number of nitrogens with one attached hydrogen (secondary N) is 2. The molecule has 0 aliphatic rings. The third-order valence-electron chi connectivity index (χ3n) is 4.16. The summed E-state index contributed by atoms with van der Waals surface area (Å²) in [5.41, 5.74) is 6.52. The number of aromatic amines is 1. The van der Waals surface area contributed by atoms with E-state index in [0.717, 1.165) is 22.8 Å². The van der Waals surface area contributed by atoms with Gasteiger partial charge in [0, 0.05) is 33.4 Å². The molecule has 24 heavy (non-hydrogen) atoms. The van der Waals surface area contributed by atoms with Crippen molar-refractivity contribution in [3.8, 4) is 0 Å². The van der Waals surface area contributed by atoms with Gasteiger partial charge in [0.05, 0.1) is 12.4 Å². The van der Waals surface area contributed by atoms with Crippen LogP contribution in [0.25, 0.3) is 21.7 Å². The smallest absolute Gasteiger partial charge is 0.176 e. The Morgan fingerprint density at radius 1 is 1.12 bits per heavy atom. The first-order chi connectivity index (χ1) is 11.9. The van der Waals surface area contributed by atoms with Crippen molar-refractivity contribution in [3.05, 3.63) is 66.0 Å². The van der Waals surface area contributed by atoms with Crippen LogP contribution < -0.4 is 5.43 Å². The minimum atomic E-state index is 0.651. The highest BCUT2D eigenvalue weighted by Gasteiger charge is 2.05. The molecule has 2 aromatic heterocycles. The third kappa shape index (κ3) is 2.50. The van der Waals surface area contributed by atoms with E-state index in [-0.39, 0.29) is 0 Å². The fraction of sp³-hybridized carbons (Fsp3) is 0.105. The molecule has 2 N–H and O–H groups in total. The fourth-order valence-electron chi connectivity index (χ4n) is 2.91. The number of benzene rings is 2. The lowest BCUT2D eigenvalue weighted by atomic mass is 10.1. The van der Waals surface area contributed by atoms with Crippen LogP contribution in [0.5, 0.6) is 0 Å². The van der Waals surface area contributed by atoms with Crippen molar-refractivity contribution in [3.63, 3.8) is 0 Å². The second-order valence-corrected chi connectivity index (χ2v) is 5.59. The fourth-order valence-corrected chi connectivity index (χ4v) is 2.91. The molecule has 5 nitrogen and oxygen atoms in total. The predicted octanol–water partition coefficient (Wildman–Crippen LogP) is 4.12. The van der Waals surface area contributed by atoms with Crippen LogP contribution >= 0.6 is 0 Å². The van der Waals surface area contributed by atoms with Gasteiger partial charge in [-0.05, 0) is 12.0 Å². The number of hydrazone groups is 1. The summed E-state index contributed by atoms with van der Waals surface area (Å²) in [6, 6.07) is 14.3. The summed E-state index contributed by atoms with van der Waals surface area (Å²) in [5, 5.41) is 15.7. The van der Waals surface area contributed by atoms with Gasteiger partial charge in [-0.25, -0.2) is 0 Å². The first-order valence-corrected chi connectivity index (χ1v) is 7.95. The highest BCUT2D eigenvalue weighted by atomic mass is 15.3. The summed E-state index contributed by atoms with van der Waals surface area (Å²) in [5.74, 6) is 0.651. The number of nitrogens with zero attached hydrogens (tertiary/aromatic N) is 3. The van der Waals surface area contributed by atoms with Gasteiger partial charge in [-0.15, -0.1) is 5.10 Å². The Morgan fingerprint density at radius 3 is 2.92 bits per heavy atom. The maximum atomic E-state index is 4.34. The van der Waals surface area contributed by atoms with Crippen molar-refractivity contribution in [2.45, 2.75) is 13.3 Å². The van der Waals surface area contributed by atoms with E-state index in [1.807, 2.05) is 36.7 Å². The van der Waals surface area contributed by atoms with E-state index in [1.165, 1.54) is 16.5 Å². The van der Waals surface area contributed by atoms with Crippen LogP contribution in [0.4, 0.5) is 5.82 Å². The van der Waals surface area contributed by atoms with Crippen LogP contribution in [0.1, 0.15) is 18.1 Å². The molecule has 0 atom stereocenters. The zero-order valence-corrected chi connectivity index (χ0v) is 13.3. The Morgan fingerprint density at radius 2 is 2.00 bits per heavy atom. The monoisotopic (exact) mass is 315 g/mol. The number of para-hydroxylation sites is 1. The van der Waals surface area contributed by atoms with E-state index in [4.69, 9.17) is 0 Å². The standard InChI is InChI=1S/C19H17N5/c1-2-13-7-5-9-16-15(10-20-18(13)16)12-22-24-19-17-8-4-3-6-14(17)11-21-23-19/h3-12,20H,2H2,1H3,(H,23,24).